The molecule has 0 aliphatic carbocycles. The van der Waals surface area contributed by atoms with E-state index >= 15 is 0 Å². The Hall–Kier alpha value is -1.64. The van der Waals surface area contributed by atoms with Crippen molar-refractivity contribution in [2.24, 2.45) is 45.9 Å². The van der Waals surface area contributed by atoms with Gasteiger partial charge in [-0.25, -0.2) is 0 Å². The van der Waals surface area contributed by atoms with E-state index in [-0.39, 0.29) is 0 Å². The Labute approximate surface area is 506 Å². The van der Waals surface area contributed by atoms with Crippen LogP contribution in [0.25, 0.3) is 0 Å². The van der Waals surface area contributed by atoms with E-state index in [1.165, 1.54) is 0 Å². The average molecular weight is 1310 g/mol. The molecule has 8 saturated heterocycles. The Morgan fingerprint density at radius 3 is 0.551 bits per heavy atom. The largest absolute Gasteiger partial charge is 0.394 e. The second-order valence-electron chi connectivity index (χ2n) is 23.1. The quantitative estimate of drug-likeness (QED) is 0.0479. The van der Waals surface area contributed by atoms with Crippen molar-refractivity contribution in [2.45, 2.75) is 245 Å². The molecule has 0 aromatic carbocycles. The minimum absolute atomic E-state index is 0.749. The standard InChI is InChI=1S/C48H90N8O33/c49-17-27(67)34(10(2-58)75-41(17)74)83-43-19(51)29(69)36(12(4-60)77-43)85-45-21(53)31(71)38(14(6-62)79-45)87-47-23(55)33(73)40(16(8-64)81-47)89-48-24(56)32(72)39(15(7-63)82-48)88-46-22(54)30(70)37(13(5-61)80-46)86-44-20(52)28(68)35(11(3-59)78-44)84-42-18(50)26(66)25(65)9(1-57)76-42/h9-48,57-74H,1-8,49-56H2/t9?,10?,11?,12?,13?,14?,15?,16?,17-,18+,19+,20-,21-,22+,23+,24-,25?,26-,27?,28?,29+,30-,31?,32?,33-,34+,35+,36?,37?,38+,39+,40?,41+,42?,43?,44-,45-,46?,47?,48-/m1/s1. The minimum Gasteiger partial charge on any atom is -0.394 e. The van der Waals surface area contributed by atoms with Crippen LogP contribution >= 0.6 is 0 Å². The molecule has 8 rings (SSSR count). The zero-order valence-electron chi connectivity index (χ0n) is 47.5. The van der Waals surface area contributed by atoms with E-state index in [2.05, 4.69) is 0 Å². The zero-order chi connectivity index (χ0) is 65.4. The van der Waals surface area contributed by atoms with E-state index < -0.39 is 298 Å². The molecule has 520 valence electrons. The fourth-order valence-corrected chi connectivity index (χ4v) is 11.8. The molecule has 8 fully saturated rings. The molecule has 8 aliphatic heterocycles. The predicted octanol–water partition coefficient (Wildman–Crippen LogP) is -18.7. The third kappa shape index (κ3) is 15.0. The van der Waals surface area contributed by atoms with Crippen molar-refractivity contribution < 1.29 is 163 Å². The molecule has 89 heavy (non-hydrogen) atoms. The van der Waals surface area contributed by atoms with Gasteiger partial charge in [0.25, 0.3) is 0 Å². The summed E-state index contributed by atoms with van der Waals surface area (Å²) in [7, 11) is 0. The van der Waals surface area contributed by atoms with Gasteiger partial charge in [-0.15, -0.1) is 0 Å². The summed E-state index contributed by atoms with van der Waals surface area (Å²) in [4.78, 5) is 0. The van der Waals surface area contributed by atoms with Crippen LogP contribution in [0.5, 0.6) is 0 Å². The Balaban J connectivity index is 0.850. The molecule has 8 aliphatic rings. The van der Waals surface area contributed by atoms with Crippen LogP contribution in [-0.4, -0.2) is 390 Å². The number of hydrogen-bond donors (Lipinski definition) is 26. The fraction of sp³-hybridized carbons (Fsp3) is 1.00. The summed E-state index contributed by atoms with van der Waals surface area (Å²) in [6.45, 7) is -6.90. The highest BCUT2D eigenvalue weighted by Crippen LogP contribution is 2.37. The van der Waals surface area contributed by atoms with Crippen molar-refractivity contribution in [3.05, 3.63) is 0 Å². The minimum atomic E-state index is -1.87. The fourth-order valence-electron chi connectivity index (χ4n) is 11.8. The van der Waals surface area contributed by atoms with Crippen LogP contribution in [0.2, 0.25) is 0 Å². The highest BCUT2D eigenvalue weighted by atomic mass is 16.8. The summed E-state index contributed by atoms with van der Waals surface area (Å²) in [5.41, 5.74) is 49.9. The first-order valence-corrected chi connectivity index (χ1v) is 28.8. The summed E-state index contributed by atoms with van der Waals surface area (Å²) in [5, 5.41) is 192. The lowest BCUT2D eigenvalue weighted by Gasteiger charge is -2.51. The first-order chi connectivity index (χ1) is 42.2. The molecule has 0 aromatic heterocycles. The number of ether oxygens (including phenoxy) is 15. The van der Waals surface area contributed by atoms with Crippen molar-refractivity contribution in [3.8, 4) is 0 Å². The summed E-state index contributed by atoms with van der Waals surface area (Å²) in [6, 6.07) is -12.3. The van der Waals surface area contributed by atoms with Crippen LogP contribution < -0.4 is 45.9 Å². The third-order valence-corrected chi connectivity index (χ3v) is 17.3. The number of aliphatic hydroxyl groups is 18. The molecule has 40 atom stereocenters. The topological polar surface area (TPSA) is 711 Å². The maximum absolute atomic E-state index is 11.6. The summed E-state index contributed by atoms with van der Waals surface area (Å²) >= 11 is 0. The van der Waals surface area contributed by atoms with Crippen molar-refractivity contribution in [1.82, 2.24) is 0 Å². The molecule has 0 bridgehead atoms. The Bertz CT molecular complexity index is 2150. The molecule has 41 nitrogen and oxygen atoms in total. The highest BCUT2D eigenvalue weighted by Gasteiger charge is 2.58. The molecule has 0 saturated carbocycles. The number of rotatable bonds is 22. The number of nitrogens with two attached hydrogens (primary N) is 8. The van der Waals surface area contributed by atoms with Crippen LogP contribution in [0.15, 0.2) is 0 Å². The van der Waals surface area contributed by atoms with E-state index in [4.69, 9.17) is 117 Å². The van der Waals surface area contributed by atoms with Gasteiger partial charge < -0.3 is 209 Å². The molecular formula is C48H90N8O33. The normalized spacial score (nSPS) is 53.6. The van der Waals surface area contributed by atoms with E-state index in [0.29, 0.717) is 0 Å². The van der Waals surface area contributed by atoms with Gasteiger partial charge >= 0.3 is 0 Å². The van der Waals surface area contributed by atoms with Crippen LogP contribution in [-0.2, 0) is 71.1 Å². The molecule has 20 unspecified atom stereocenters. The monoisotopic (exact) mass is 1310 g/mol. The van der Waals surface area contributed by atoms with E-state index in [0.717, 1.165) is 0 Å². The van der Waals surface area contributed by atoms with Crippen LogP contribution in [0.4, 0.5) is 0 Å². The molecule has 0 aromatic rings. The summed E-state index contributed by atoms with van der Waals surface area (Å²) < 4.78 is 87.2. The first kappa shape index (κ1) is 73.2. The van der Waals surface area contributed by atoms with Gasteiger partial charge in [0.2, 0.25) is 0 Å². The number of hydrogen-bond acceptors (Lipinski definition) is 41. The molecule has 8 heterocycles. The molecule has 0 radical (unpaired) electrons. The second-order valence-corrected chi connectivity index (χ2v) is 23.1. The Morgan fingerprint density at radius 1 is 0.202 bits per heavy atom. The van der Waals surface area contributed by atoms with Gasteiger partial charge in [0.15, 0.2) is 50.3 Å². The van der Waals surface area contributed by atoms with Crippen molar-refractivity contribution in [3.63, 3.8) is 0 Å². The summed E-state index contributed by atoms with van der Waals surface area (Å²) in [5.74, 6) is 0. The number of aliphatic hydroxyl groups excluding tert-OH is 18. The molecule has 0 spiro atoms. The molecule has 0 amide bonds. The average Bonchev–Trinajstić information content (AvgIpc) is 1.11. The van der Waals surface area contributed by atoms with E-state index in [9.17, 15) is 91.9 Å². The Kier molecular flexibility index (Phi) is 25.9. The lowest BCUT2D eigenvalue weighted by atomic mass is 9.93. The second kappa shape index (κ2) is 31.5. The van der Waals surface area contributed by atoms with Gasteiger partial charge in [-0.2, -0.15) is 0 Å². The van der Waals surface area contributed by atoms with Gasteiger partial charge in [0, 0.05) is 0 Å². The van der Waals surface area contributed by atoms with Crippen LogP contribution in [0, 0.1) is 0 Å². The zero-order valence-corrected chi connectivity index (χ0v) is 47.5. The molecule has 41 heteroatoms. The first-order valence-electron chi connectivity index (χ1n) is 28.8. The SMILES string of the molecule is N[C@@H]1C(O)[C@@H](OC2OC(CO)C(O[C@H]3OC(CO)[C@H](OC4OC(CO)C(O[C@H]5OC(CO)[C@H](OC6OC(CO)C(O)[C@H](O)[C@@H]6N)C(O)[C@H]5N)[C@H](O)[C@@H]4N)C(O)[C@H]3N)[C@H](O)[C@@H]2N)C(CO)O[C@@H]1OC1C(CO)OC(O[C@H]2C(CO)O[C@H](O)[C@H](N)C2O)[C@@H](N)[C@@H]1O. The lowest BCUT2D eigenvalue weighted by Crippen LogP contribution is -2.71. The van der Waals surface area contributed by atoms with E-state index in [1.54, 1.807) is 0 Å². The maximum atomic E-state index is 11.6. The van der Waals surface area contributed by atoms with Gasteiger partial charge in [-0.1, -0.05) is 0 Å². The lowest BCUT2D eigenvalue weighted by molar-refractivity contribution is -0.370. The van der Waals surface area contributed by atoms with Gasteiger partial charge in [-0.05, 0) is 0 Å². The van der Waals surface area contributed by atoms with Crippen molar-refractivity contribution in [1.29, 1.82) is 0 Å². The van der Waals surface area contributed by atoms with Gasteiger partial charge in [-0.3, -0.25) is 0 Å². The van der Waals surface area contributed by atoms with Crippen molar-refractivity contribution >= 4 is 0 Å². The molecule has 34 N–H and O–H groups in total. The van der Waals surface area contributed by atoms with Crippen LogP contribution in [0.1, 0.15) is 0 Å². The van der Waals surface area contributed by atoms with E-state index in [1.807, 2.05) is 0 Å². The van der Waals surface area contributed by atoms with Crippen LogP contribution in [0.3, 0.4) is 0 Å². The van der Waals surface area contributed by atoms with Gasteiger partial charge in [0.1, 0.15) is 146 Å². The predicted molar refractivity (Wildman–Crippen MR) is 280 cm³/mol. The smallest absolute Gasteiger partial charge is 0.176 e. The summed E-state index contributed by atoms with van der Waals surface area (Å²) in [6.07, 6.45) is -52.2. The third-order valence-electron chi connectivity index (χ3n) is 17.3. The molecular weight excluding hydrogens is 1220 g/mol. The van der Waals surface area contributed by atoms with Crippen molar-refractivity contribution in [2.75, 3.05) is 52.9 Å². The highest BCUT2D eigenvalue weighted by molar-refractivity contribution is 5.04. The van der Waals surface area contributed by atoms with Gasteiger partial charge in [0.05, 0.1) is 101 Å². The maximum Gasteiger partial charge on any atom is 0.176 e. The Morgan fingerprint density at radius 2 is 0.360 bits per heavy atom.